The average molecular weight is 708 g/mol. The van der Waals surface area contributed by atoms with E-state index in [1.54, 1.807) is 47.7 Å². The molecule has 2 aromatic heterocycles. The van der Waals surface area contributed by atoms with Crippen molar-refractivity contribution in [1.82, 2.24) is 10.3 Å². The second-order valence-electron chi connectivity index (χ2n) is 7.88. The number of benzene rings is 3. The molecule has 190 valence electrons. The van der Waals surface area contributed by atoms with Crippen molar-refractivity contribution in [2.24, 2.45) is 0 Å². The first-order chi connectivity index (χ1) is 18.3. The predicted molar refractivity (Wildman–Crippen MR) is 168 cm³/mol. The SMILES string of the molecule is O=C(/C=C/c1ccc(-c2cccc(Cl)c2Cl)o1)NC(=S)Nc1c(Br)cc(Br)cc1-c1nc2ccccc2s1. The van der Waals surface area contributed by atoms with Gasteiger partial charge in [0, 0.05) is 26.1 Å². The molecule has 11 heteroatoms. The van der Waals surface area contributed by atoms with Crippen molar-refractivity contribution >= 4 is 112 Å². The van der Waals surface area contributed by atoms with Gasteiger partial charge in [-0.2, -0.15) is 0 Å². The first kappa shape index (κ1) is 27.1. The van der Waals surface area contributed by atoms with E-state index in [0.717, 1.165) is 29.7 Å². The second-order valence-corrected chi connectivity index (χ2v) is 11.9. The van der Waals surface area contributed by atoms with E-state index >= 15 is 0 Å². The number of nitrogens with zero attached hydrogens (tertiary/aromatic N) is 1. The largest absolute Gasteiger partial charge is 0.457 e. The Labute approximate surface area is 254 Å². The molecule has 38 heavy (non-hydrogen) atoms. The van der Waals surface area contributed by atoms with Crippen LogP contribution in [0.1, 0.15) is 5.76 Å². The smallest absolute Gasteiger partial charge is 0.250 e. The van der Waals surface area contributed by atoms with Crippen molar-refractivity contribution in [2.75, 3.05) is 5.32 Å². The third-order valence-corrected chi connectivity index (χ3v) is 8.47. The first-order valence-corrected chi connectivity index (χ1v) is 14.5. The average Bonchev–Trinajstić information content (AvgIpc) is 3.53. The van der Waals surface area contributed by atoms with Gasteiger partial charge in [-0.3, -0.25) is 10.1 Å². The summed E-state index contributed by atoms with van der Waals surface area (Å²) >= 11 is 26.5. The Morgan fingerprint density at radius 1 is 1.03 bits per heavy atom. The summed E-state index contributed by atoms with van der Waals surface area (Å²) in [5.41, 5.74) is 3.10. The highest BCUT2D eigenvalue weighted by Crippen LogP contribution is 2.40. The van der Waals surface area contributed by atoms with E-state index in [4.69, 9.17) is 44.8 Å². The lowest BCUT2D eigenvalue weighted by Crippen LogP contribution is -2.33. The quantitative estimate of drug-likeness (QED) is 0.141. The zero-order valence-electron chi connectivity index (χ0n) is 19.1. The van der Waals surface area contributed by atoms with Gasteiger partial charge in [-0.1, -0.05) is 57.3 Å². The van der Waals surface area contributed by atoms with Crippen LogP contribution in [0.3, 0.4) is 0 Å². The highest BCUT2D eigenvalue weighted by atomic mass is 79.9. The standard InChI is InChI=1S/C27H15Br2Cl2N3O2S2/c28-14-12-17(26-32-20-6-1-2-7-22(20)38-26)25(18(29)13-14)34-27(37)33-23(35)11-9-15-8-10-21(36-15)16-4-3-5-19(30)24(16)31/h1-13H,(H2,33,34,35,37)/b11-9+. The maximum absolute atomic E-state index is 12.6. The van der Waals surface area contributed by atoms with Gasteiger partial charge in [-0.05, 0) is 82.8 Å². The predicted octanol–water partition coefficient (Wildman–Crippen LogP) is 9.58. The van der Waals surface area contributed by atoms with E-state index in [1.807, 2.05) is 36.4 Å². The molecule has 1 amide bonds. The summed E-state index contributed by atoms with van der Waals surface area (Å²) in [5.74, 6) is 0.590. The Balaban J connectivity index is 1.30. The molecule has 2 heterocycles. The number of hydrogen-bond donors (Lipinski definition) is 2. The van der Waals surface area contributed by atoms with E-state index in [9.17, 15) is 4.79 Å². The molecule has 0 saturated carbocycles. The highest BCUT2D eigenvalue weighted by molar-refractivity contribution is 9.11. The van der Waals surface area contributed by atoms with Gasteiger partial charge in [-0.15, -0.1) is 11.3 Å². The molecule has 0 bridgehead atoms. The zero-order chi connectivity index (χ0) is 26.8. The van der Waals surface area contributed by atoms with Gasteiger partial charge < -0.3 is 9.73 Å². The summed E-state index contributed by atoms with van der Waals surface area (Å²) in [6.07, 6.45) is 2.88. The summed E-state index contributed by atoms with van der Waals surface area (Å²) in [7, 11) is 0. The van der Waals surface area contributed by atoms with Gasteiger partial charge in [0.2, 0.25) is 5.91 Å². The van der Waals surface area contributed by atoms with Gasteiger partial charge >= 0.3 is 0 Å². The van der Waals surface area contributed by atoms with Crippen LogP contribution in [0, 0.1) is 0 Å². The number of thiocarbonyl (C=S) groups is 1. The normalized spacial score (nSPS) is 11.3. The molecule has 3 aromatic carbocycles. The van der Waals surface area contributed by atoms with E-state index in [2.05, 4.69) is 42.5 Å². The Morgan fingerprint density at radius 3 is 2.66 bits per heavy atom. The molecule has 0 aliphatic heterocycles. The molecule has 5 nitrogen and oxygen atoms in total. The second kappa shape index (κ2) is 11.7. The fraction of sp³-hybridized carbons (Fsp3) is 0. The Morgan fingerprint density at radius 2 is 1.84 bits per heavy atom. The minimum atomic E-state index is -0.420. The zero-order valence-corrected chi connectivity index (χ0v) is 25.4. The number of furan rings is 1. The van der Waals surface area contributed by atoms with E-state index < -0.39 is 5.91 Å². The molecule has 2 N–H and O–H groups in total. The lowest BCUT2D eigenvalue weighted by molar-refractivity contribution is -0.115. The molecule has 0 aliphatic rings. The fourth-order valence-corrected chi connectivity index (χ4v) is 6.50. The van der Waals surface area contributed by atoms with Crippen LogP contribution in [-0.2, 0) is 4.79 Å². The topological polar surface area (TPSA) is 67.2 Å². The maximum atomic E-state index is 12.6. The van der Waals surface area contributed by atoms with Gasteiger partial charge in [-0.25, -0.2) is 4.98 Å². The van der Waals surface area contributed by atoms with Crippen molar-refractivity contribution in [1.29, 1.82) is 0 Å². The van der Waals surface area contributed by atoms with Gasteiger partial charge in [0.05, 0.1) is 25.9 Å². The number of carbonyl (C=O) groups excluding carboxylic acids is 1. The van der Waals surface area contributed by atoms with Gasteiger partial charge in [0.15, 0.2) is 5.11 Å². The lowest BCUT2D eigenvalue weighted by Gasteiger charge is -2.14. The molecular weight excluding hydrogens is 693 g/mol. The third-order valence-electron chi connectivity index (χ3n) is 5.30. The molecule has 0 spiro atoms. The van der Waals surface area contributed by atoms with Crippen molar-refractivity contribution in [3.63, 3.8) is 0 Å². The number of hydrogen-bond acceptors (Lipinski definition) is 5. The van der Waals surface area contributed by atoms with Crippen LogP contribution in [0.2, 0.25) is 10.0 Å². The number of carbonyl (C=O) groups is 1. The number of thiazole rings is 1. The van der Waals surface area contributed by atoms with Crippen LogP contribution in [0.5, 0.6) is 0 Å². The summed E-state index contributed by atoms with van der Waals surface area (Å²) in [6, 6.07) is 20.6. The molecule has 5 aromatic rings. The molecule has 0 radical (unpaired) electrons. The van der Waals surface area contributed by atoms with Crippen LogP contribution < -0.4 is 10.6 Å². The minimum Gasteiger partial charge on any atom is -0.457 e. The lowest BCUT2D eigenvalue weighted by atomic mass is 10.2. The number of aromatic nitrogens is 1. The number of rotatable bonds is 5. The monoisotopic (exact) mass is 705 g/mol. The fourth-order valence-electron chi connectivity index (χ4n) is 3.59. The highest BCUT2D eigenvalue weighted by Gasteiger charge is 2.16. The Hall–Kier alpha value is -2.53. The molecule has 0 unspecified atom stereocenters. The summed E-state index contributed by atoms with van der Waals surface area (Å²) in [4.78, 5) is 17.3. The van der Waals surface area contributed by atoms with Gasteiger partial charge in [0.25, 0.3) is 0 Å². The first-order valence-electron chi connectivity index (χ1n) is 11.0. The maximum Gasteiger partial charge on any atom is 0.250 e. The number of amides is 1. The summed E-state index contributed by atoms with van der Waals surface area (Å²) < 4.78 is 8.51. The van der Waals surface area contributed by atoms with Crippen molar-refractivity contribution < 1.29 is 9.21 Å². The van der Waals surface area contributed by atoms with Crippen LogP contribution in [0.25, 0.3) is 38.2 Å². The van der Waals surface area contributed by atoms with Gasteiger partial charge in [0.1, 0.15) is 16.5 Å². The molecule has 0 saturated heterocycles. The van der Waals surface area contributed by atoms with Crippen LogP contribution in [0.15, 0.2) is 86.2 Å². The number of nitrogens with one attached hydrogen (secondary N) is 2. The van der Waals surface area contributed by atoms with Crippen LogP contribution >= 0.6 is 78.6 Å². The molecule has 5 rings (SSSR count). The number of para-hydroxylation sites is 1. The van der Waals surface area contributed by atoms with Crippen molar-refractivity contribution in [2.45, 2.75) is 0 Å². The number of fused-ring (bicyclic) bond motifs is 1. The number of anilines is 1. The number of halogens is 4. The Bertz CT molecular complexity index is 1700. The van der Waals surface area contributed by atoms with E-state index in [0.29, 0.717) is 32.8 Å². The van der Waals surface area contributed by atoms with Crippen LogP contribution in [0.4, 0.5) is 5.69 Å². The summed E-state index contributed by atoms with van der Waals surface area (Å²) in [6.45, 7) is 0. The summed E-state index contributed by atoms with van der Waals surface area (Å²) in [5, 5.41) is 7.58. The molecule has 0 fully saturated rings. The van der Waals surface area contributed by atoms with Crippen molar-refractivity contribution in [3.05, 3.63) is 97.6 Å². The molecule has 0 aliphatic carbocycles. The van der Waals surface area contributed by atoms with E-state index in [1.165, 1.54) is 6.08 Å². The minimum absolute atomic E-state index is 0.135. The van der Waals surface area contributed by atoms with E-state index in [-0.39, 0.29) is 5.11 Å². The Kier molecular flexibility index (Phi) is 8.32. The third kappa shape index (κ3) is 6.03. The van der Waals surface area contributed by atoms with Crippen molar-refractivity contribution in [3.8, 4) is 21.9 Å². The molecule has 0 atom stereocenters. The molecular formula is C27H15Br2Cl2N3O2S2. The van der Waals surface area contributed by atoms with Crippen LogP contribution in [-0.4, -0.2) is 16.0 Å².